The number of anilines is 3. The van der Waals surface area contributed by atoms with Crippen molar-refractivity contribution in [2.75, 3.05) is 4.90 Å². The Labute approximate surface area is 400 Å². The Hall–Kier alpha value is -9.00. The number of pyridine rings is 1. The third kappa shape index (κ3) is 6.63. The Balaban J connectivity index is 0.904. The zero-order chi connectivity index (χ0) is 46.1. The van der Waals surface area contributed by atoms with E-state index in [4.69, 9.17) is 9.72 Å². The zero-order valence-corrected chi connectivity index (χ0v) is 38.2. The number of imidazole rings is 1. The Morgan fingerprint density at radius 3 is 1.80 bits per heavy atom. The molecule has 9 aromatic carbocycles. The molecule has 0 atom stereocenters. The quantitative estimate of drug-likeness (QED) is 0.113. The predicted molar refractivity (Wildman–Crippen MR) is 280 cm³/mol. The van der Waals surface area contributed by atoms with Gasteiger partial charge in [-0.2, -0.15) is 0 Å². The van der Waals surface area contributed by atoms with Crippen LogP contribution in [0.15, 0.2) is 237 Å². The van der Waals surface area contributed by atoms with Crippen LogP contribution in [-0.2, 0) is 5.41 Å². The first-order valence-electron chi connectivity index (χ1n) is 23.5. The highest BCUT2D eigenvalue weighted by Gasteiger charge is 2.36. The van der Waals surface area contributed by atoms with Gasteiger partial charge in [-0.3, -0.25) is 13.7 Å². The Bertz CT molecular complexity index is 3820. The van der Waals surface area contributed by atoms with E-state index in [0.717, 1.165) is 83.7 Å². The van der Waals surface area contributed by atoms with Crippen LogP contribution in [0, 0.1) is 6.33 Å². The van der Waals surface area contributed by atoms with Crippen molar-refractivity contribution in [2.24, 2.45) is 0 Å². The zero-order valence-electron chi connectivity index (χ0n) is 38.2. The van der Waals surface area contributed by atoms with Gasteiger partial charge in [-0.05, 0) is 88.0 Å². The van der Waals surface area contributed by atoms with Crippen molar-refractivity contribution in [1.29, 1.82) is 0 Å². The highest BCUT2D eigenvalue weighted by Crippen LogP contribution is 2.52. The van der Waals surface area contributed by atoms with E-state index in [2.05, 4.69) is 257 Å². The molecule has 13 rings (SSSR count). The van der Waals surface area contributed by atoms with Crippen molar-refractivity contribution in [2.45, 2.75) is 19.3 Å². The van der Waals surface area contributed by atoms with Crippen LogP contribution >= 0.6 is 0 Å². The number of hydrogen-bond acceptors (Lipinski definition) is 3. The standard InChI is InChI=1S/C63H45N5O/c1-63(2)53-28-10-13-31-56(53)67(57-32-14-11-29-54(57)63)46-37-38-64-61(40-46)68-55-30-12-9-25-51(55)52-36-35-48(41-60(52)68)69-47-24-17-23-45(39-47)65-42-66(59-34-16-15-33-58(59)65)62-49(43-19-5-3-6-20-43)26-18-27-50(62)44-21-7-4-8-22-44/h3-41H,1-2H3. The summed E-state index contributed by atoms with van der Waals surface area (Å²) in [6.07, 6.45) is 5.73. The number of ether oxygens (including phenoxy) is 1. The monoisotopic (exact) mass is 887 g/mol. The number of hydrogen-bond donors (Lipinski definition) is 0. The summed E-state index contributed by atoms with van der Waals surface area (Å²) in [6, 6.07) is 81.3. The van der Waals surface area contributed by atoms with Gasteiger partial charge >= 0.3 is 0 Å². The molecular formula is C63H45N5O. The molecule has 0 saturated carbocycles. The third-order valence-corrected chi connectivity index (χ3v) is 13.8. The van der Waals surface area contributed by atoms with E-state index >= 15 is 0 Å². The number of fused-ring (bicyclic) bond motifs is 6. The molecule has 12 aromatic rings. The van der Waals surface area contributed by atoms with E-state index < -0.39 is 0 Å². The molecule has 1 aliphatic heterocycles. The fourth-order valence-corrected chi connectivity index (χ4v) is 10.6. The van der Waals surface area contributed by atoms with Crippen LogP contribution in [0.1, 0.15) is 25.0 Å². The first-order chi connectivity index (χ1) is 34.0. The lowest BCUT2D eigenvalue weighted by molar-refractivity contribution is -0.571. The van der Waals surface area contributed by atoms with Gasteiger partial charge in [0.25, 0.3) is 6.33 Å². The maximum absolute atomic E-state index is 6.83. The second-order valence-electron chi connectivity index (χ2n) is 18.2. The van der Waals surface area contributed by atoms with E-state index in [1.807, 2.05) is 18.3 Å². The van der Waals surface area contributed by atoms with E-state index in [-0.39, 0.29) is 5.41 Å². The highest BCUT2D eigenvalue weighted by molar-refractivity contribution is 6.09. The van der Waals surface area contributed by atoms with Gasteiger partial charge in [-0.15, -0.1) is 0 Å². The Kier molecular flexibility index (Phi) is 9.41. The van der Waals surface area contributed by atoms with Crippen LogP contribution in [0.2, 0.25) is 0 Å². The minimum absolute atomic E-state index is 0.153. The lowest BCUT2D eigenvalue weighted by atomic mass is 9.73. The second kappa shape index (κ2) is 16.1. The molecule has 1 aliphatic rings. The van der Waals surface area contributed by atoms with Crippen LogP contribution in [0.4, 0.5) is 17.1 Å². The summed E-state index contributed by atoms with van der Waals surface area (Å²) >= 11 is 0. The molecule has 0 bridgehead atoms. The summed E-state index contributed by atoms with van der Waals surface area (Å²) in [7, 11) is 0. The molecule has 3 aromatic heterocycles. The average molecular weight is 888 g/mol. The number of para-hydroxylation sites is 6. The van der Waals surface area contributed by atoms with Crippen LogP contribution in [-0.4, -0.2) is 14.1 Å². The molecule has 6 nitrogen and oxygen atoms in total. The van der Waals surface area contributed by atoms with E-state index in [1.165, 1.54) is 22.5 Å². The first-order valence-corrected chi connectivity index (χ1v) is 23.5. The van der Waals surface area contributed by atoms with Crippen molar-refractivity contribution in [3.8, 4) is 50.9 Å². The summed E-state index contributed by atoms with van der Waals surface area (Å²) in [5, 5.41) is 2.27. The molecule has 0 fully saturated rings. The SMILES string of the molecule is CC1(C)c2ccccc2N(c2ccnc(-n3c4ccccc4c4ccc(Oc5cccc(-n6[c-][n+](-c7c(-c8ccccc8)cccc7-c7ccccc7)c7ccccc76)c5)cc43)c2)c2ccccc21. The summed E-state index contributed by atoms with van der Waals surface area (Å²) < 4.78 is 13.4. The van der Waals surface area contributed by atoms with Gasteiger partial charge in [-0.25, -0.2) is 4.98 Å². The van der Waals surface area contributed by atoms with Crippen LogP contribution in [0.25, 0.3) is 72.3 Å². The number of aromatic nitrogens is 4. The smallest absolute Gasteiger partial charge is 0.269 e. The Morgan fingerprint density at radius 2 is 1.07 bits per heavy atom. The number of nitrogens with zero attached hydrogens (tertiary/aromatic N) is 5. The number of benzene rings is 9. The lowest BCUT2D eigenvalue weighted by Crippen LogP contribution is -2.31. The van der Waals surface area contributed by atoms with Crippen molar-refractivity contribution in [3.05, 3.63) is 254 Å². The fourth-order valence-electron chi connectivity index (χ4n) is 10.6. The molecule has 0 spiro atoms. The van der Waals surface area contributed by atoms with Gasteiger partial charge in [0.05, 0.1) is 50.5 Å². The molecule has 0 unspecified atom stereocenters. The Morgan fingerprint density at radius 1 is 0.478 bits per heavy atom. The summed E-state index contributed by atoms with van der Waals surface area (Å²) in [6.45, 7) is 4.64. The van der Waals surface area contributed by atoms with E-state index in [9.17, 15) is 0 Å². The van der Waals surface area contributed by atoms with Gasteiger partial charge in [-0.1, -0.05) is 178 Å². The second-order valence-corrected chi connectivity index (χ2v) is 18.2. The van der Waals surface area contributed by atoms with Gasteiger partial charge in [0.1, 0.15) is 17.3 Å². The maximum Gasteiger partial charge on any atom is 0.269 e. The van der Waals surface area contributed by atoms with E-state index in [0.29, 0.717) is 5.75 Å². The molecule has 0 amide bonds. The molecule has 0 saturated heterocycles. The summed E-state index contributed by atoms with van der Waals surface area (Å²) in [5.41, 5.74) is 16.5. The molecule has 4 heterocycles. The van der Waals surface area contributed by atoms with Crippen molar-refractivity contribution >= 4 is 49.9 Å². The molecular weight excluding hydrogens is 843 g/mol. The van der Waals surface area contributed by atoms with Crippen molar-refractivity contribution < 1.29 is 9.30 Å². The molecule has 0 N–H and O–H groups in total. The van der Waals surface area contributed by atoms with Crippen LogP contribution < -0.4 is 14.2 Å². The fraction of sp³-hybridized carbons (Fsp3) is 0.0476. The molecule has 0 aliphatic carbocycles. The normalized spacial score (nSPS) is 12.9. The van der Waals surface area contributed by atoms with Gasteiger partial charge in [0.15, 0.2) is 0 Å². The van der Waals surface area contributed by atoms with Gasteiger partial charge in [0, 0.05) is 34.5 Å². The third-order valence-electron chi connectivity index (χ3n) is 13.8. The van der Waals surface area contributed by atoms with Crippen LogP contribution in [0.5, 0.6) is 11.5 Å². The molecule has 0 radical (unpaired) electrons. The molecule has 6 heteroatoms. The maximum atomic E-state index is 6.83. The highest BCUT2D eigenvalue weighted by atomic mass is 16.5. The predicted octanol–water partition coefficient (Wildman–Crippen LogP) is 15.4. The topological polar surface area (TPSA) is 39.1 Å². The average Bonchev–Trinajstić information content (AvgIpc) is 3.95. The largest absolute Gasteiger partial charge is 0.458 e. The summed E-state index contributed by atoms with van der Waals surface area (Å²) in [5.74, 6) is 2.26. The summed E-state index contributed by atoms with van der Waals surface area (Å²) in [4.78, 5) is 7.44. The van der Waals surface area contributed by atoms with Crippen LogP contribution in [0.3, 0.4) is 0 Å². The minimum Gasteiger partial charge on any atom is -0.458 e. The minimum atomic E-state index is -0.153. The van der Waals surface area contributed by atoms with Gasteiger partial charge < -0.3 is 9.64 Å². The van der Waals surface area contributed by atoms with Crippen molar-refractivity contribution in [3.63, 3.8) is 0 Å². The number of rotatable bonds is 8. The van der Waals surface area contributed by atoms with E-state index in [1.54, 1.807) is 0 Å². The van der Waals surface area contributed by atoms with Crippen molar-refractivity contribution in [1.82, 2.24) is 14.1 Å². The lowest BCUT2D eigenvalue weighted by Gasteiger charge is -2.42. The molecule has 69 heavy (non-hydrogen) atoms. The first kappa shape index (κ1) is 40.3. The molecule has 328 valence electrons. The van der Waals surface area contributed by atoms with Gasteiger partial charge in [0.2, 0.25) is 0 Å².